The number of rotatable bonds is 47. The Labute approximate surface area is 395 Å². The van der Waals surface area contributed by atoms with Crippen molar-refractivity contribution in [1.82, 2.24) is 0 Å². The fourth-order valence-corrected chi connectivity index (χ4v) is 7.11. The van der Waals surface area contributed by atoms with Crippen molar-refractivity contribution >= 4 is 17.9 Å². The first kappa shape index (κ1) is 60.6. The van der Waals surface area contributed by atoms with Gasteiger partial charge >= 0.3 is 17.9 Å². The van der Waals surface area contributed by atoms with Gasteiger partial charge in [-0.1, -0.05) is 202 Å². The summed E-state index contributed by atoms with van der Waals surface area (Å²) in [7, 11) is 0. The van der Waals surface area contributed by atoms with Crippen LogP contribution in [0, 0.1) is 0 Å². The van der Waals surface area contributed by atoms with E-state index in [1.165, 1.54) is 83.5 Å². The molecule has 0 aliphatic heterocycles. The lowest BCUT2D eigenvalue weighted by Gasteiger charge is -2.18. The molecule has 0 saturated heterocycles. The van der Waals surface area contributed by atoms with Crippen LogP contribution in [0.2, 0.25) is 0 Å². The molecule has 6 nitrogen and oxygen atoms in total. The van der Waals surface area contributed by atoms with Gasteiger partial charge in [-0.15, -0.1) is 0 Å². The van der Waals surface area contributed by atoms with E-state index in [-0.39, 0.29) is 37.5 Å². The minimum Gasteiger partial charge on any atom is -0.462 e. The second-order valence-corrected chi connectivity index (χ2v) is 17.4. The largest absolute Gasteiger partial charge is 0.462 e. The summed E-state index contributed by atoms with van der Waals surface area (Å²) in [5, 5.41) is 0. The fraction of sp³-hybridized carbons (Fsp3) is 0.707. The first-order chi connectivity index (χ1) is 31.5. The van der Waals surface area contributed by atoms with Crippen molar-refractivity contribution in [2.45, 2.75) is 252 Å². The molecule has 0 N–H and O–H groups in total. The van der Waals surface area contributed by atoms with Crippen molar-refractivity contribution in [3.63, 3.8) is 0 Å². The molecule has 1 atom stereocenters. The van der Waals surface area contributed by atoms with Crippen LogP contribution in [0.25, 0.3) is 0 Å². The van der Waals surface area contributed by atoms with E-state index in [0.717, 1.165) is 122 Å². The Balaban J connectivity index is 4.32. The van der Waals surface area contributed by atoms with E-state index in [9.17, 15) is 14.4 Å². The highest BCUT2D eigenvalue weighted by molar-refractivity contribution is 5.71. The maximum Gasteiger partial charge on any atom is 0.306 e. The monoisotopic (exact) mass is 891 g/mol. The van der Waals surface area contributed by atoms with Crippen molar-refractivity contribution in [1.29, 1.82) is 0 Å². The maximum absolute atomic E-state index is 12.8. The average Bonchev–Trinajstić information content (AvgIpc) is 3.29. The Morgan fingerprint density at radius 1 is 0.328 bits per heavy atom. The van der Waals surface area contributed by atoms with Crippen LogP contribution < -0.4 is 0 Å². The van der Waals surface area contributed by atoms with E-state index in [0.29, 0.717) is 12.8 Å². The predicted molar refractivity (Wildman–Crippen MR) is 274 cm³/mol. The van der Waals surface area contributed by atoms with Gasteiger partial charge in [-0.05, 0) is 109 Å². The third kappa shape index (κ3) is 49.6. The van der Waals surface area contributed by atoms with Gasteiger partial charge in [0.05, 0.1) is 0 Å². The van der Waals surface area contributed by atoms with Crippen LogP contribution in [0.3, 0.4) is 0 Å². The number of hydrogen-bond acceptors (Lipinski definition) is 6. The van der Waals surface area contributed by atoms with Gasteiger partial charge in [0.2, 0.25) is 0 Å². The third-order valence-electron chi connectivity index (χ3n) is 11.1. The summed E-state index contributed by atoms with van der Waals surface area (Å²) in [5.74, 6) is -0.945. The molecule has 64 heavy (non-hydrogen) atoms. The normalized spacial score (nSPS) is 12.7. The van der Waals surface area contributed by atoms with Crippen LogP contribution in [0.15, 0.2) is 85.1 Å². The zero-order chi connectivity index (χ0) is 46.5. The van der Waals surface area contributed by atoms with E-state index in [4.69, 9.17) is 14.2 Å². The molecule has 0 aromatic rings. The molecule has 0 rings (SSSR count). The number of ether oxygens (including phenoxy) is 3. The second-order valence-electron chi connectivity index (χ2n) is 17.4. The Morgan fingerprint density at radius 2 is 0.641 bits per heavy atom. The average molecular weight is 891 g/mol. The molecule has 0 fully saturated rings. The van der Waals surface area contributed by atoms with Gasteiger partial charge in [-0.3, -0.25) is 14.4 Å². The Kier molecular flexibility index (Phi) is 49.4. The van der Waals surface area contributed by atoms with E-state index in [2.05, 4.69) is 106 Å². The van der Waals surface area contributed by atoms with Crippen molar-refractivity contribution in [3.8, 4) is 0 Å². The van der Waals surface area contributed by atoms with E-state index in [1.807, 2.05) is 0 Å². The van der Waals surface area contributed by atoms with Gasteiger partial charge in [0.1, 0.15) is 13.2 Å². The van der Waals surface area contributed by atoms with Crippen LogP contribution in [0.4, 0.5) is 0 Å². The number of unbranched alkanes of at least 4 members (excludes halogenated alkanes) is 22. The molecule has 0 radical (unpaired) electrons. The zero-order valence-corrected chi connectivity index (χ0v) is 41.8. The summed E-state index contributed by atoms with van der Waals surface area (Å²) in [6.45, 7) is 6.41. The van der Waals surface area contributed by atoms with E-state index < -0.39 is 6.10 Å². The quantitative estimate of drug-likeness (QED) is 0.0262. The molecular weight excluding hydrogens is 793 g/mol. The number of hydrogen-bond donors (Lipinski definition) is 0. The standard InChI is InChI=1S/C58H98O6/c1-4-7-10-13-16-19-22-24-25-26-27-28-29-30-31-32-33-35-36-39-42-45-48-51-57(60)63-54-55(53-62-56(59)50-47-44-41-38-21-18-15-12-9-6-3)64-58(61)52-49-46-43-40-37-34-23-20-17-14-11-8-5-2/h8,11-12,15,17,20,22,24,26-27,29-30,34,37,55H,4-7,9-10,13-14,16,18-19,21,23,25,28,31-33,35-36,38-54H2,1-3H3/b11-8-,15-12-,20-17-,24-22-,27-26-,30-29-,37-34-. The van der Waals surface area contributed by atoms with Crippen molar-refractivity contribution in [3.05, 3.63) is 85.1 Å². The Morgan fingerprint density at radius 3 is 1.05 bits per heavy atom. The first-order valence-corrected chi connectivity index (χ1v) is 26.6. The summed E-state index contributed by atoms with van der Waals surface area (Å²) < 4.78 is 16.7. The summed E-state index contributed by atoms with van der Waals surface area (Å²) in [5.41, 5.74) is 0. The van der Waals surface area contributed by atoms with Crippen molar-refractivity contribution in [2.24, 2.45) is 0 Å². The first-order valence-electron chi connectivity index (χ1n) is 26.6. The van der Waals surface area contributed by atoms with E-state index in [1.54, 1.807) is 0 Å². The third-order valence-corrected chi connectivity index (χ3v) is 11.1. The van der Waals surface area contributed by atoms with Crippen LogP contribution in [0.5, 0.6) is 0 Å². The van der Waals surface area contributed by atoms with Gasteiger partial charge in [0, 0.05) is 19.3 Å². The van der Waals surface area contributed by atoms with Crippen LogP contribution in [-0.2, 0) is 28.6 Å². The Bertz CT molecular complexity index is 1250. The topological polar surface area (TPSA) is 78.9 Å². The Hall–Kier alpha value is -3.41. The molecule has 6 heteroatoms. The van der Waals surface area contributed by atoms with Gasteiger partial charge < -0.3 is 14.2 Å². The molecule has 0 aromatic heterocycles. The molecule has 0 aliphatic carbocycles. The molecule has 366 valence electrons. The van der Waals surface area contributed by atoms with Gasteiger partial charge in [0.15, 0.2) is 6.10 Å². The molecular formula is C58H98O6. The summed E-state index contributed by atoms with van der Waals surface area (Å²) in [4.78, 5) is 37.9. The molecule has 0 aliphatic rings. The lowest BCUT2D eigenvalue weighted by Crippen LogP contribution is -2.30. The molecule has 0 heterocycles. The lowest BCUT2D eigenvalue weighted by molar-refractivity contribution is -0.167. The number of carbonyl (C=O) groups is 3. The zero-order valence-electron chi connectivity index (χ0n) is 41.8. The van der Waals surface area contributed by atoms with Crippen LogP contribution in [-0.4, -0.2) is 37.2 Å². The van der Waals surface area contributed by atoms with E-state index >= 15 is 0 Å². The summed E-state index contributed by atoms with van der Waals surface area (Å²) in [6, 6.07) is 0. The highest BCUT2D eigenvalue weighted by atomic mass is 16.6. The number of allylic oxidation sites excluding steroid dienone is 14. The minimum absolute atomic E-state index is 0.0957. The number of esters is 3. The van der Waals surface area contributed by atoms with Gasteiger partial charge in [0.25, 0.3) is 0 Å². The van der Waals surface area contributed by atoms with Crippen LogP contribution in [0.1, 0.15) is 245 Å². The predicted octanol–water partition coefficient (Wildman–Crippen LogP) is 17.6. The van der Waals surface area contributed by atoms with Crippen molar-refractivity contribution < 1.29 is 28.6 Å². The molecule has 1 unspecified atom stereocenters. The number of carbonyl (C=O) groups excluding carboxylic acids is 3. The summed E-state index contributed by atoms with van der Waals surface area (Å²) in [6.07, 6.45) is 67.2. The van der Waals surface area contributed by atoms with Crippen molar-refractivity contribution in [2.75, 3.05) is 13.2 Å². The van der Waals surface area contributed by atoms with Gasteiger partial charge in [-0.25, -0.2) is 0 Å². The summed E-state index contributed by atoms with van der Waals surface area (Å²) >= 11 is 0. The highest BCUT2D eigenvalue weighted by Gasteiger charge is 2.19. The van der Waals surface area contributed by atoms with Crippen LogP contribution >= 0.6 is 0 Å². The minimum atomic E-state index is -0.797. The molecule has 0 bridgehead atoms. The van der Waals surface area contributed by atoms with Gasteiger partial charge in [-0.2, -0.15) is 0 Å². The molecule has 0 aromatic carbocycles. The maximum atomic E-state index is 12.8. The second kappa shape index (κ2) is 52.2. The smallest absolute Gasteiger partial charge is 0.306 e. The highest BCUT2D eigenvalue weighted by Crippen LogP contribution is 2.14. The SMILES string of the molecule is CC/C=C\C/C=C\C/C=C\CCCCCC(=O)OC(COC(=O)CCCCCCC/C=C\CCC)COC(=O)CCCCCCCCCC/C=C\C/C=C\C/C=C\CCCCCCC. The fourth-order valence-electron chi connectivity index (χ4n) is 7.11. The molecule has 0 saturated carbocycles. The molecule has 0 spiro atoms. The molecule has 0 amide bonds. The lowest BCUT2D eigenvalue weighted by atomic mass is 10.1.